The van der Waals surface area contributed by atoms with Crippen LogP contribution in [0.4, 0.5) is 0 Å². The monoisotopic (exact) mass is 436 g/mol. The summed E-state index contributed by atoms with van der Waals surface area (Å²) < 4.78 is 9.30. The van der Waals surface area contributed by atoms with Gasteiger partial charge in [0, 0.05) is 18.3 Å². The van der Waals surface area contributed by atoms with Crippen molar-refractivity contribution in [1.29, 1.82) is 0 Å². The Hall–Kier alpha value is -3.26. The standard InChI is InChI=1S/C23H24N4O3S/c1-5-26-13-17(14(3)25-26)12-18-21(28)27-20(16-10-8-7-9-11-16)19(22(29)30-6-2)15(4)24-23(27)31-18/h7-13,20H,5-6H2,1-4H3/b18-12+/t20-/m0/s1. The zero-order chi connectivity index (χ0) is 22.1. The number of benzene rings is 1. The molecule has 0 amide bonds. The number of carbonyl (C=O) groups is 1. The molecule has 0 bridgehead atoms. The molecule has 0 saturated heterocycles. The normalized spacial score (nSPS) is 16.3. The smallest absolute Gasteiger partial charge is 0.338 e. The lowest BCUT2D eigenvalue weighted by atomic mass is 9.96. The molecule has 0 fully saturated rings. The first-order valence-corrected chi connectivity index (χ1v) is 11.0. The number of allylic oxidation sites excluding steroid dienone is 1. The quantitative estimate of drug-likeness (QED) is 0.575. The lowest BCUT2D eigenvalue weighted by Gasteiger charge is -2.24. The minimum atomic E-state index is -0.585. The molecule has 1 aliphatic heterocycles. The third-order valence-electron chi connectivity index (χ3n) is 5.23. The Morgan fingerprint density at radius 2 is 1.97 bits per heavy atom. The van der Waals surface area contributed by atoms with Gasteiger partial charge in [0.15, 0.2) is 4.80 Å². The average molecular weight is 437 g/mol. The Kier molecular flexibility index (Phi) is 5.73. The van der Waals surface area contributed by atoms with E-state index >= 15 is 0 Å². The Balaban J connectivity index is 1.95. The molecule has 2 aromatic heterocycles. The zero-order valence-corrected chi connectivity index (χ0v) is 18.8. The lowest BCUT2D eigenvalue weighted by Crippen LogP contribution is -2.39. The van der Waals surface area contributed by atoms with Crippen molar-refractivity contribution in [2.75, 3.05) is 6.61 Å². The Morgan fingerprint density at radius 1 is 1.23 bits per heavy atom. The van der Waals surface area contributed by atoms with Crippen LogP contribution in [-0.4, -0.2) is 26.9 Å². The van der Waals surface area contributed by atoms with E-state index in [0.29, 0.717) is 20.6 Å². The number of nitrogens with zero attached hydrogens (tertiary/aromatic N) is 4. The molecule has 4 rings (SSSR count). The van der Waals surface area contributed by atoms with E-state index in [4.69, 9.17) is 4.74 Å². The highest BCUT2D eigenvalue weighted by molar-refractivity contribution is 7.07. The fourth-order valence-corrected chi connectivity index (χ4v) is 4.76. The highest BCUT2D eigenvalue weighted by Gasteiger charge is 2.33. The molecule has 8 heteroatoms. The minimum absolute atomic E-state index is 0.185. The molecule has 31 heavy (non-hydrogen) atoms. The third-order valence-corrected chi connectivity index (χ3v) is 6.21. The Labute approximate surface area is 183 Å². The summed E-state index contributed by atoms with van der Waals surface area (Å²) in [4.78, 5) is 31.5. The minimum Gasteiger partial charge on any atom is -0.463 e. The molecule has 1 atom stereocenters. The highest BCUT2D eigenvalue weighted by Crippen LogP contribution is 2.30. The summed E-state index contributed by atoms with van der Waals surface area (Å²) in [7, 11) is 0. The molecule has 3 aromatic rings. The summed E-state index contributed by atoms with van der Waals surface area (Å²) in [6, 6.07) is 8.93. The maximum absolute atomic E-state index is 13.5. The molecule has 0 aliphatic carbocycles. The Morgan fingerprint density at radius 3 is 2.61 bits per heavy atom. The molecule has 0 N–H and O–H groups in total. The van der Waals surface area contributed by atoms with Crippen LogP contribution >= 0.6 is 11.3 Å². The summed E-state index contributed by atoms with van der Waals surface area (Å²) in [5, 5.41) is 4.46. The number of rotatable bonds is 5. The SMILES string of the molecule is CCOC(=O)C1=C(C)N=c2s/c(=C/c3cn(CC)nc3C)c(=O)n2[C@H]1c1ccccc1. The van der Waals surface area contributed by atoms with Crippen LogP contribution in [0.15, 0.2) is 57.6 Å². The van der Waals surface area contributed by atoms with Crippen LogP contribution in [-0.2, 0) is 16.1 Å². The van der Waals surface area contributed by atoms with Crippen molar-refractivity contribution in [2.24, 2.45) is 4.99 Å². The first kappa shape index (κ1) is 21.0. The van der Waals surface area contributed by atoms with E-state index in [1.54, 1.807) is 18.4 Å². The predicted molar refractivity (Wildman–Crippen MR) is 119 cm³/mol. The van der Waals surface area contributed by atoms with E-state index in [9.17, 15) is 9.59 Å². The summed E-state index contributed by atoms with van der Waals surface area (Å²) in [6.07, 6.45) is 3.78. The second-order valence-corrected chi connectivity index (χ2v) is 8.25. The summed E-state index contributed by atoms with van der Waals surface area (Å²) >= 11 is 1.32. The van der Waals surface area contributed by atoms with Crippen LogP contribution in [0, 0.1) is 6.92 Å². The van der Waals surface area contributed by atoms with E-state index in [1.165, 1.54) is 11.3 Å². The van der Waals surface area contributed by atoms with Gasteiger partial charge >= 0.3 is 5.97 Å². The second-order valence-electron chi connectivity index (χ2n) is 7.24. The van der Waals surface area contributed by atoms with Gasteiger partial charge in [0.2, 0.25) is 0 Å². The number of hydrogen-bond acceptors (Lipinski definition) is 6. The molecular weight excluding hydrogens is 412 g/mol. The number of aryl methyl sites for hydroxylation is 2. The number of hydrogen-bond donors (Lipinski definition) is 0. The van der Waals surface area contributed by atoms with Crippen molar-refractivity contribution < 1.29 is 9.53 Å². The van der Waals surface area contributed by atoms with Crippen LogP contribution < -0.4 is 14.9 Å². The van der Waals surface area contributed by atoms with Crippen LogP contribution in [0.3, 0.4) is 0 Å². The first-order valence-electron chi connectivity index (χ1n) is 10.2. The van der Waals surface area contributed by atoms with Crippen LogP contribution in [0.2, 0.25) is 0 Å². The molecule has 3 heterocycles. The van der Waals surface area contributed by atoms with Gasteiger partial charge in [-0.05, 0) is 39.3 Å². The fourth-order valence-electron chi connectivity index (χ4n) is 3.72. The zero-order valence-electron chi connectivity index (χ0n) is 18.0. The van der Waals surface area contributed by atoms with E-state index in [0.717, 1.165) is 23.4 Å². The molecule has 1 aromatic carbocycles. The summed E-state index contributed by atoms with van der Waals surface area (Å²) in [5.74, 6) is -0.452. The van der Waals surface area contributed by atoms with Crippen molar-refractivity contribution in [3.05, 3.63) is 84.3 Å². The highest BCUT2D eigenvalue weighted by atomic mass is 32.1. The molecule has 0 radical (unpaired) electrons. The van der Waals surface area contributed by atoms with Crippen LogP contribution in [0.1, 0.15) is 43.6 Å². The molecule has 1 aliphatic rings. The van der Waals surface area contributed by atoms with Crippen molar-refractivity contribution in [1.82, 2.24) is 14.3 Å². The predicted octanol–water partition coefficient (Wildman–Crippen LogP) is 2.32. The van der Waals surface area contributed by atoms with Gasteiger partial charge in [-0.1, -0.05) is 41.7 Å². The largest absolute Gasteiger partial charge is 0.463 e. The van der Waals surface area contributed by atoms with Gasteiger partial charge in [0.05, 0.1) is 34.1 Å². The van der Waals surface area contributed by atoms with Crippen LogP contribution in [0.25, 0.3) is 6.08 Å². The van der Waals surface area contributed by atoms with E-state index < -0.39 is 12.0 Å². The van der Waals surface area contributed by atoms with E-state index in [-0.39, 0.29) is 12.2 Å². The number of ether oxygens (including phenoxy) is 1. The second kappa shape index (κ2) is 8.47. The molecular formula is C23H24N4O3S. The van der Waals surface area contributed by atoms with Crippen molar-refractivity contribution in [2.45, 2.75) is 40.3 Å². The number of thiazole rings is 1. The van der Waals surface area contributed by atoms with Crippen molar-refractivity contribution >= 4 is 23.4 Å². The van der Waals surface area contributed by atoms with Gasteiger partial charge in [0.25, 0.3) is 5.56 Å². The molecule has 0 unspecified atom stereocenters. The lowest BCUT2D eigenvalue weighted by molar-refractivity contribution is -0.139. The Bertz CT molecular complexity index is 1350. The summed E-state index contributed by atoms with van der Waals surface area (Å²) in [5.41, 5.74) is 3.36. The van der Waals surface area contributed by atoms with Gasteiger partial charge in [0.1, 0.15) is 0 Å². The number of fused-ring (bicyclic) bond motifs is 1. The molecule has 7 nitrogen and oxygen atoms in total. The van der Waals surface area contributed by atoms with E-state index in [1.807, 2.05) is 61.1 Å². The maximum Gasteiger partial charge on any atom is 0.338 e. The van der Waals surface area contributed by atoms with Crippen LogP contribution in [0.5, 0.6) is 0 Å². The van der Waals surface area contributed by atoms with Gasteiger partial charge in [-0.15, -0.1) is 0 Å². The topological polar surface area (TPSA) is 78.5 Å². The number of carbonyl (C=O) groups excluding carboxylic acids is 1. The first-order chi connectivity index (χ1) is 14.9. The van der Waals surface area contributed by atoms with Gasteiger partial charge in [-0.2, -0.15) is 5.10 Å². The molecule has 0 saturated carbocycles. The van der Waals surface area contributed by atoms with Crippen molar-refractivity contribution in [3.63, 3.8) is 0 Å². The van der Waals surface area contributed by atoms with Gasteiger partial charge in [-0.3, -0.25) is 14.0 Å². The van der Waals surface area contributed by atoms with Gasteiger partial charge < -0.3 is 4.74 Å². The summed E-state index contributed by atoms with van der Waals surface area (Å²) in [6.45, 7) is 8.50. The fraction of sp³-hybridized carbons (Fsp3) is 0.304. The third kappa shape index (κ3) is 3.79. The van der Waals surface area contributed by atoms with Gasteiger partial charge in [-0.25, -0.2) is 9.79 Å². The average Bonchev–Trinajstić information content (AvgIpc) is 3.27. The maximum atomic E-state index is 13.5. The molecule has 160 valence electrons. The van der Waals surface area contributed by atoms with E-state index in [2.05, 4.69) is 10.1 Å². The molecule has 0 spiro atoms. The van der Waals surface area contributed by atoms with Crippen molar-refractivity contribution in [3.8, 4) is 0 Å². The number of aromatic nitrogens is 3. The number of esters is 1.